The largest absolute Gasteiger partial charge is 0.494 e. The molecular formula is C30H25ClO2. The molecule has 0 saturated carbocycles. The lowest BCUT2D eigenvalue weighted by Crippen LogP contribution is -1.93. The van der Waals surface area contributed by atoms with Crippen LogP contribution in [0.25, 0.3) is 43.8 Å². The Bertz CT molecular complexity index is 1420. The fraction of sp³-hybridized carbons (Fsp3) is 0.133. The zero-order chi connectivity index (χ0) is 22.8. The minimum Gasteiger partial charge on any atom is -0.494 e. The van der Waals surface area contributed by atoms with E-state index in [-0.39, 0.29) is 0 Å². The van der Waals surface area contributed by atoms with Gasteiger partial charge in [0.15, 0.2) is 0 Å². The molecule has 0 amide bonds. The van der Waals surface area contributed by atoms with Gasteiger partial charge in [0.05, 0.1) is 13.2 Å². The van der Waals surface area contributed by atoms with E-state index in [1.165, 1.54) is 27.3 Å². The molecule has 0 aliphatic rings. The second-order valence-corrected chi connectivity index (χ2v) is 8.34. The highest BCUT2D eigenvalue weighted by molar-refractivity contribution is 6.32. The molecule has 0 aliphatic carbocycles. The molecule has 2 nitrogen and oxygen atoms in total. The van der Waals surface area contributed by atoms with Gasteiger partial charge in [-0.1, -0.05) is 66.2 Å². The number of ether oxygens (including phenoxy) is 2. The average Bonchev–Trinajstić information content (AvgIpc) is 2.84. The number of hydrogen-bond donors (Lipinski definition) is 0. The van der Waals surface area contributed by atoms with Gasteiger partial charge in [-0.3, -0.25) is 0 Å². The van der Waals surface area contributed by atoms with E-state index < -0.39 is 0 Å². The molecule has 0 heterocycles. The van der Waals surface area contributed by atoms with Crippen LogP contribution in [0, 0.1) is 0 Å². The van der Waals surface area contributed by atoms with Crippen LogP contribution in [0.15, 0.2) is 91.0 Å². The molecule has 5 aromatic rings. The van der Waals surface area contributed by atoms with Gasteiger partial charge in [0.2, 0.25) is 0 Å². The van der Waals surface area contributed by atoms with Crippen molar-refractivity contribution in [2.75, 3.05) is 13.2 Å². The molecule has 33 heavy (non-hydrogen) atoms. The van der Waals surface area contributed by atoms with Crippen LogP contribution in [0.2, 0.25) is 5.02 Å². The van der Waals surface area contributed by atoms with Crippen molar-refractivity contribution in [3.05, 3.63) is 96.0 Å². The van der Waals surface area contributed by atoms with Crippen molar-refractivity contribution < 1.29 is 9.47 Å². The maximum absolute atomic E-state index is 6.51. The summed E-state index contributed by atoms with van der Waals surface area (Å²) in [6.45, 7) is 5.30. The van der Waals surface area contributed by atoms with Crippen molar-refractivity contribution in [3.8, 4) is 33.8 Å². The second-order valence-electron chi connectivity index (χ2n) is 7.90. The molecule has 0 unspecified atom stereocenters. The van der Waals surface area contributed by atoms with Crippen LogP contribution in [0.4, 0.5) is 0 Å². The predicted molar refractivity (Wildman–Crippen MR) is 140 cm³/mol. The van der Waals surface area contributed by atoms with Gasteiger partial charge < -0.3 is 9.47 Å². The molecule has 0 aromatic heterocycles. The zero-order valence-electron chi connectivity index (χ0n) is 18.8. The van der Waals surface area contributed by atoms with Crippen LogP contribution in [-0.4, -0.2) is 13.2 Å². The van der Waals surface area contributed by atoms with E-state index in [2.05, 4.69) is 60.7 Å². The molecule has 164 valence electrons. The summed E-state index contributed by atoms with van der Waals surface area (Å²) in [5, 5.41) is 5.43. The Kier molecular flexibility index (Phi) is 5.93. The zero-order valence-corrected chi connectivity index (χ0v) is 19.5. The summed E-state index contributed by atoms with van der Waals surface area (Å²) >= 11 is 6.51. The highest BCUT2D eigenvalue weighted by atomic mass is 35.5. The lowest BCUT2D eigenvalue weighted by Gasteiger charge is -2.18. The number of rotatable bonds is 6. The minimum atomic E-state index is 0.650. The highest BCUT2D eigenvalue weighted by Crippen LogP contribution is 2.44. The fourth-order valence-electron chi connectivity index (χ4n) is 4.54. The van der Waals surface area contributed by atoms with Gasteiger partial charge in [-0.25, -0.2) is 0 Å². The summed E-state index contributed by atoms with van der Waals surface area (Å²) in [5.41, 5.74) is 4.68. The van der Waals surface area contributed by atoms with E-state index in [0.29, 0.717) is 13.2 Å². The quantitative estimate of drug-likeness (QED) is 0.240. The van der Waals surface area contributed by atoms with Crippen molar-refractivity contribution in [1.29, 1.82) is 0 Å². The summed E-state index contributed by atoms with van der Waals surface area (Å²) < 4.78 is 11.3. The third kappa shape index (κ3) is 4.03. The Hall–Kier alpha value is -3.49. The summed E-state index contributed by atoms with van der Waals surface area (Å²) in [6.07, 6.45) is 0. The first-order chi connectivity index (χ1) is 16.2. The van der Waals surface area contributed by atoms with Gasteiger partial charge in [-0.2, -0.15) is 0 Å². The molecule has 0 atom stereocenters. The monoisotopic (exact) mass is 452 g/mol. The van der Waals surface area contributed by atoms with Gasteiger partial charge in [0.1, 0.15) is 11.5 Å². The Labute approximate surface area is 199 Å². The summed E-state index contributed by atoms with van der Waals surface area (Å²) in [7, 11) is 0. The number of fused-ring (bicyclic) bond motifs is 2. The first-order valence-corrected chi connectivity index (χ1v) is 11.7. The van der Waals surface area contributed by atoms with E-state index in [1.807, 2.05) is 44.2 Å². The normalized spacial score (nSPS) is 11.1. The third-order valence-corrected chi connectivity index (χ3v) is 6.13. The van der Waals surface area contributed by atoms with E-state index in [1.54, 1.807) is 0 Å². The molecule has 0 fully saturated rings. The van der Waals surface area contributed by atoms with Crippen molar-refractivity contribution in [2.45, 2.75) is 13.8 Å². The third-order valence-electron chi connectivity index (χ3n) is 5.89. The highest BCUT2D eigenvalue weighted by Gasteiger charge is 2.17. The van der Waals surface area contributed by atoms with Crippen LogP contribution >= 0.6 is 11.6 Å². The topological polar surface area (TPSA) is 18.5 Å². The number of hydrogen-bond acceptors (Lipinski definition) is 2. The van der Waals surface area contributed by atoms with Crippen LogP contribution in [0.5, 0.6) is 11.5 Å². The maximum atomic E-state index is 6.51. The molecule has 3 heteroatoms. The predicted octanol–water partition coefficient (Wildman–Crippen LogP) is 8.78. The molecular weight excluding hydrogens is 428 g/mol. The number of halogens is 1. The fourth-order valence-corrected chi connectivity index (χ4v) is 4.71. The molecule has 0 aliphatic heterocycles. The molecule has 0 saturated heterocycles. The summed E-state index contributed by atoms with van der Waals surface area (Å²) in [4.78, 5) is 0. The first-order valence-electron chi connectivity index (χ1n) is 11.3. The Morgan fingerprint density at radius 1 is 0.545 bits per heavy atom. The standard InChI is InChI=1S/C30H25ClO2/c1-3-32-23-14-9-20(10-15-23)29-25-7-5-6-8-26(25)30(28-19-22(31)13-18-27(28)29)21-11-16-24(17-12-21)33-4-2/h5-19H,3-4H2,1-2H3. The lowest BCUT2D eigenvalue weighted by molar-refractivity contribution is 0.340. The average molecular weight is 453 g/mol. The number of benzene rings is 5. The Morgan fingerprint density at radius 3 is 1.48 bits per heavy atom. The molecule has 0 radical (unpaired) electrons. The van der Waals surface area contributed by atoms with Crippen molar-refractivity contribution >= 4 is 33.1 Å². The van der Waals surface area contributed by atoms with Crippen LogP contribution in [0.1, 0.15) is 13.8 Å². The molecule has 5 rings (SSSR count). The molecule has 0 N–H and O–H groups in total. The maximum Gasteiger partial charge on any atom is 0.119 e. The van der Waals surface area contributed by atoms with E-state index in [4.69, 9.17) is 21.1 Å². The Balaban J connectivity index is 1.82. The van der Waals surface area contributed by atoms with Crippen LogP contribution < -0.4 is 9.47 Å². The van der Waals surface area contributed by atoms with Crippen LogP contribution in [0.3, 0.4) is 0 Å². The smallest absolute Gasteiger partial charge is 0.119 e. The van der Waals surface area contributed by atoms with Gasteiger partial charge >= 0.3 is 0 Å². The van der Waals surface area contributed by atoms with Gasteiger partial charge in [-0.05, 0) is 94.0 Å². The van der Waals surface area contributed by atoms with E-state index in [9.17, 15) is 0 Å². The molecule has 0 spiro atoms. The van der Waals surface area contributed by atoms with Crippen LogP contribution in [-0.2, 0) is 0 Å². The second kappa shape index (κ2) is 9.17. The first kappa shape index (κ1) is 21.4. The van der Waals surface area contributed by atoms with Crippen molar-refractivity contribution in [3.63, 3.8) is 0 Å². The van der Waals surface area contributed by atoms with Gasteiger partial charge in [0.25, 0.3) is 0 Å². The van der Waals surface area contributed by atoms with Gasteiger partial charge in [-0.15, -0.1) is 0 Å². The molecule has 5 aromatic carbocycles. The van der Waals surface area contributed by atoms with Gasteiger partial charge in [0, 0.05) is 5.02 Å². The Morgan fingerprint density at radius 2 is 1.00 bits per heavy atom. The van der Waals surface area contributed by atoms with Crippen molar-refractivity contribution in [2.24, 2.45) is 0 Å². The minimum absolute atomic E-state index is 0.650. The summed E-state index contributed by atoms with van der Waals surface area (Å²) in [5.74, 6) is 1.75. The SMILES string of the molecule is CCOc1ccc(-c2c3ccccc3c(-c3ccc(OCC)cc3)c3cc(Cl)ccc23)cc1. The van der Waals surface area contributed by atoms with E-state index >= 15 is 0 Å². The lowest BCUT2D eigenvalue weighted by atomic mass is 9.86. The molecule has 0 bridgehead atoms. The van der Waals surface area contributed by atoms with E-state index in [0.717, 1.165) is 33.0 Å². The summed E-state index contributed by atoms with van der Waals surface area (Å²) in [6, 6.07) is 31.4. The van der Waals surface area contributed by atoms with Crippen molar-refractivity contribution in [1.82, 2.24) is 0 Å².